The highest BCUT2D eigenvalue weighted by molar-refractivity contribution is 5.82. The zero-order valence-corrected chi connectivity index (χ0v) is 13.0. The number of carbonyl (C=O) groups is 1. The summed E-state index contributed by atoms with van der Waals surface area (Å²) in [5.74, 6) is 0.270. The summed E-state index contributed by atoms with van der Waals surface area (Å²) in [7, 11) is 0. The van der Waals surface area contributed by atoms with Gasteiger partial charge in [-0.2, -0.15) is 0 Å². The maximum absolute atomic E-state index is 12.8. The molecule has 5 nitrogen and oxygen atoms in total. The third-order valence-electron chi connectivity index (χ3n) is 4.56. The number of nitrogens with two attached hydrogens (primary N) is 1. The molecule has 5 heteroatoms. The van der Waals surface area contributed by atoms with Crippen molar-refractivity contribution in [2.45, 2.75) is 31.8 Å². The van der Waals surface area contributed by atoms with Crippen LogP contribution in [-0.4, -0.2) is 54.6 Å². The van der Waals surface area contributed by atoms with E-state index in [-0.39, 0.29) is 11.9 Å². The lowest BCUT2D eigenvalue weighted by Crippen LogP contribution is -2.53. The van der Waals surface area contributed by atoms with Crippen molar-refractivity contribution in [3.8, 4) is 0 Å². The normalized spacial score (nSPS) is 23.5. The molecule has 2 fully saturated rings. The Morgan fingerprint density at radius 3 is 2.82 bits per heavy atom. The van der Waals surface area contributed by atoms with Crippen LogP contribution in [0.4, 0.5) is 5.69 Å². The lowest BCUT2D eigenvalue weighted by atomic mass is 9.99. The number of carbonyl (C=O) groups excluding carboxylic acids is 1. The fourth-order valence-electron chi connectivity index (χ4n) is 3.38. The summed E-state index contributed by atoms with van der Waals surface area (Å²) < 4.78 is 5.35. The van der Waals surface area contributed by atoms with Gasteiger partial charge in [-0.3, -0.25) is 9.69 Å². The Morgan fingerprint density at radius 2 is 2.05 bits per heavy atom. The summed E-state index contributed by atoms with van der Waals surface area (Å²) in [6, 6.07) is 7.98. The van der Waals surface area contributed by atoms with Crippen molar-refractivity contribution < 1.29 is 9.53 Å². The molecule has 1 amide bonds. The van der Waals surface area contributed by atoms with Crippen LogP contribution in [0.1, 0.15) is 24.8 Å². The van der Waals surface area contributed by atoms with Gasteiger partial charge in [-0.15, -0.1) is 0 Å². The monoisotopic (exact) mass is 303 g/mol. The molecule has 0 aromatic heterocycles. The number of amides is 1. The average Bonchev–Trinajstić information content (AvgIpc) is 2.56. The van der Waals surface area contributed by atoms with Crippen molar-refractivity contribution in [2.75, 3.05) is 38.6 Å². The summed E-state index contributed by atoms with van der Waals surface area (Å²) >= 11 is 0. The zero-order chi connectivity index (χ0) is 15.4. The largest absolute Gasteiger partial charge is 0.399 e. The third kappa shape index (κ3) is 3.59. The van der Waals surface area contributed by atoms with Crippen molar-refractivity contribution >= 4 is 11.6 Å². The predicted octanol–water partition coefficient (Wildman–Crippen LogP) is 1.48. The van der Waals surface area contributed by atoms with Crippen LogP contribution < -0.4 is 5.73 Å². The minimum absolute atomic E-state index is 0.00767. The van der Waals surface area contributed by atoms with Crippen LogP contribution in [0.2, 0.25) is 0 Å². The highest BCUT2D eigenvalue weighted by Gasteiger charge is 2.32. The van der Waals surface area contributed by atoms with Crippen molar-refractivity contribution in [3.05, 3.63) is 29.8 Å². The molecule has 2 aliphatic heterocycles. The number of nitrogens with zero attached hydrogens (tertiary/aromatic N) is 2. The first kappa shape index (κ1) is 15.3. The van der Waals surface area contributed by atoms with Gasteiger partial charge in [0.15, 0.2) is 0 Å². The number of hydrogen-bond acceptors (Lipinski definition) is 4. The van der Waals surface area contributed by atoms with E-state index in [1.807, 2.05) is 23.1 Å². The molecule has 0 radical (unpaired) electrons. The van der Waals surface area contributed by atoms with Gasteiger partial charge in [-0.05, 0) is 37.1 Å². The molecule has 0 aliphatic carbocycles. The van der Waals surface area contributed by atoms with E-state index in [2.05, 4.69) is 11.0 Å². The molecule has 1 aromatic carbocycles. The van der Waals surface area contributed by atoms with Gasteiger partial charge in [0, 0.05) is 25.3 Å². The maximum Gasteiger partial charge on any atom is 0.240 e. The summed E-state index contributed by atoms with van der Waals surface area (Å²) in [5.41, 5.74) is 7.83. The number of ether oxygens (including phenoxy) is 1. The van der Waals surface area contributed by atoms with E-state index in [1.165, 1.54) is 5.56 Å². The molecule has 1 aromatic rings. The van der Waals surface area contributed by atoms with Crippen LogP contribution in [-0.2, 0) is 16.1 Å². The quantitative estimate of drug-likeness (QED) is 0.859. The van der Waals surface area contributed by atoms with Crippen LogP contribution >= 0.6 is 0 Å². The predicted molar refractivity (Wildman–Crippen MR) is 86.3 cm³/mol. The number of likely N-dealkylation sites (tertiary alicyclic amines) is 1. The number of benzene rings is 1. The molecule has 1 atom stereocenters. The smallest absolute Gasteiger partial charge is 0.240 e. The molecule has 1 unspecified atom stereocenters. The van der Waals surface area contributed by atoms with Crippen LogP contribution in [0, 0.1) is 0 Å². The molecular weight excluding hydrogens is 278 g/mol. The number of nitrogen functional groups attached to an aromatic ring is 1. The zero-order valence-electron chi connectivity index (χ0n) is 13.0. The van der Waals surface area contributed by atoms with Crippen LogP contribution in [0.3, 0.4) is 0 Å². The number of piperidine rings is 1. The van der Waals surface area contributed by atoms with Gasteiger partial charge in [0.25, 0.3) is 0 Å². The summed E-state index contributed by atoms with van der Waals surface area (Å²) in [5, 5.41) is 0. The molecule has 3 rings (SSSR count). The summed E-state index contributed by atoms with van der Waals surface area (Å²) in [4.78, 5) is 17.1. The highest BCUT2D eigenvalue weighted by atomic mass is 16.5. The van der Waals surface area contributed by atoms with Crippen LogP contribution in [0.15, 0.2) is 24.3 Å². The van der Waals surface area contributed by atoms with E-state index in [0.29, 0.717) is 13.2 Å². The Hall–Kier alpha value is -1.59. The van der Waals surface area contributed by atoms with Gasteiger partial charge >= 0.3 is 0 Å². The lowest BCUT2D eigenvalue weighted by molar-refractivity contribution is -0.142. The van der Waals surface area contributed by atoms with Crippen molar-refractivity contribution in [1.82, 2.24) is 9.80 Å². The molecule has 2 heterocycles. The van der Waals surface area contributed by atoms with E-state index in [1.54, 1.807) is 0 Å². The molecule has 0 saturated carbocycles. The number of hydrogen-bond donors (Lipinski definition) is 1. The lowest BCUT2D eigenvalue weighted by Gasteiger charge is -2.38. The second kappa shape index (κ2) is 7.11. The van der Waals surface area contributed by atoms with E-state index < -0.39 is 0 Å². The van der Waals surface area contributed by atoms with Gasteiger partial charge < -0.3 is 15.4 Å². The topological polar surface area (TPSA) is 58.8 Å². The molecule has 2 N–H and O–H groups in total. The van der Waals surface area contributed by atoms with E-state index in [9.17, 15) is 4.79 Å². The molecule has 2 aliphatic rings. The molecule has 120 valence electrons. The van der Waals surface area contributed by atoms with Gasteiger partial charge in [-0.1, -0.05) is 18.6 Å². The summed E-state index contributed by atoms with van der Waals surface area (Å²) in [6.45, 7) is 4.55. The van der Waals surface area contributed by atoms with E-state index >= 15 is 0 Å². The second-order valence-corrected chi connectivity index (χ2v) is 6.16. The fourth-order valence-corrected chi connectivity index (χ4v) is 3.38. The Kier molecular flexibility index (Phi) is 4.95. The molecule has 0 bridgehead atoms. The maximum atomic E-state index is 12.8. The number of anilines is 1. The van der Waals surface area contributed by atoms with Crippen molar-refractivity contribution in [1.29, 1.82) is 0 Å². The Labute approximate surface area is 132 Å². The molecular formula is C17H25N3O2. The Morgan fingerprint density at radius 1 is 1.23 bits per heavy atom. The SMILES string of the molecule is Nc1cccc(CN2CCCCC2C(=O)N2CCOCC2)c1. The van der Waals surface area contributed by atoms with Gasteiger partial charge in [0.05, 0.1) is 19.3 Å². The number of morpholine rings is 1. The van der Waals surface area contributed by atoms with E-state index in [4.69, 9.17) is 10.5 Å². The second-order valence-electron chi connectivity index (χ2n) is 6.16. The van der Waals surface area contributed by atoms with Gasteiger partial charge in [0.1, 0.15) is 0 Å². The average molecular weight is 303 g/mol. The first-order chi connectivity index (χ1) is 10.7. The van der Waals surface area contributed by atoms with Crippen molar-refractivity contribution in [3.63, 3.8) is 0 Å². The van der Waals surface area contributed by atoms with E-state index in [0.717, 1.165) is 51.1 Å². The highest BCUT2D eigenvalue weighted by Crippen LogP contribution is 2.22. The molecule has 22 heavy (non-hydrogen) atoms. The van der Waals surface area contributed by atoms with Crippen LogP contribution in [0.25, 0.3) is 0 Å². The summed E-state index contributed by atoms with van der Waals surface area (Å²) in [6.07, 6.45) is 3.25. The van der Waals surface area contributed by atoms with Gasteiger partial charge in [0.2, 0.25) is 5.91 Å². The molecule has 2 saturated heterocycles. The molecule has 0 spiro atoms. The van der Waals surface area contributed by atoms with Crippen molar-refractivity contribution in [2.24, 2.45) is 0 Å². The number of rotatable bonds is 3. The first-order valence-electron chi connectivity index (χ1n) is 8.19. The van der Waals surface area contributed by atoms with Crippen LogP contribution in [0.5, 0.6) is 0 Å². The Bertz CT molecular complexity index is 514. The Balaban J connectivity index is 1.69. The minimum Gasteiger partial charge on any atom is -0.399 e. The first-order valence-corrected chi connectivity index (χ1v) is 8.19. The van der Waals surface area contributed by atoms with Gasteiger partial charge in [-0.25, -0.2) is 0 Å². The standard InChI is InChI=1S/C17H25N3O2/c18-15-5-3-4-14(12-15)13-20-7-2-1-6-16(20)17(21)19-8-10-22-11-9-19/h3-5,12,16H,1-2,6-11,13,18H2. The fraction of sp³-hybridized carbons (Fsp3) is 0.588. The minimum atomic E-state index is 0.00767. The third-order valence-corrected chi connectivity index (χ3v) is 4.56.